The number of benzene rings is 2. The van der Waals surface area contributed by atoms with Gasteiger partial charge in [0.15, 0.2) is 0 Å². The van der Waals surface area contributed by atoms with E-state index in [-0.39, 0.29) is 5.75 Å². The van der Waals surface area contributed by atoms with Crippen LogP contribution in [0, 0.1) is 0 Å². The third kappa shape index (κ3) is 3.34. The first-order valence-corrected chi connectivity index (χ1v) is 7.65. The van der Waals surface area contributed by atoms with Crippen molar-refractivity contribution in [2.45, 2.75) is 23.0 Å². The lowest BCUT2D eigenvalue weighted by Crippen LogP contribution is -2.31. The van der Waals surface area contributed by atoms with Gasteiger partial charge in [0.05, 0.1) is 0 Å². The predicted octanol–water partition coefficient (Wildman–Crippen LogP) is 4.53. The van der Waals surface area contributed by atoms with E-state index in [1.54, 1.807) is 48.5 Å². The smallest absolute Gasteiger partial charge is 0.324 e. The molecule has 0 radical (unpaired) electrons. The van der Waals surface area contributed by atoms with Crippen LogP contribution < -0.4 is 0 Å². The summed E-state index contributed by atoms with van der Waals surface area (Å²) in [5.41, 5.74) is 0.656. The molecular formula is C16H15ClO3S. The van der Waals surface area contributed by atoms with Gasteiger partial charge in [-0.3, -0.25) is 4.79 Å². The number of phenolic OH excluding ortho intramolecular Hbond substituents is 1. The maximum absolute atomic E-state index is 11.9. The number of rotatable bonds is 5. The number of aromatic hydroxyl groups is 1. The zero-order valence-corrected chi connectivity index (χ0v) is 13.0. The molecule has 110 valence electrons. The Hall–Kier alpha value is -1.65. The standard InChI is InChI=1S/C16H15ClO3S/c1-2-16(15(19)20,11-4-3-5-12(17)10-11)21-14-8-6-13(18)7-9-14/h3-10,18H,2H2,1H3,(H,19,20). The second-order valence-electron chi connectivity index (χ2n) is 4.59. The number of carbonyl (C=O) groups is 1. The first-order chi connectivity index (χ1) is 9.98. The van der Waals surface area contributed by atoms with Crippen LogP contribution in [0.25, 0.3) is 0 Å². The number of halogens is 1. The number of hydrogen-bond donors (Lipinski definition) is 2. The number of phenols is 1. The Balaban J connectivity index is 2.46. The van der Waals surface area contributed by atoms with Crippen LogP contribution in [-0.2, 0) is 9.54 Å². The summed E-state index contributed by atoms with van der Waals surface area (Å²) in [7, 11) is 0. The second-order valence-corrected chi connectivity index (χ2v) is 6.40. The lowest BCUT2D eigenvalue weighted by Gasteiger charge is -2.28. The van der Waals surface area contributed by atoms with Crippen molar-refractivity contribution in [2.75, 3.05) is 0 Å². The Morgan fingerprint density at radius 1 is 1.24 bits per heavy atom. The first-order valence-electron chi connectivity index (χ1n) is 6.45. The molecule has 0 amide bonds. The molecule has 0 bridgehead atoms. The number of aliphatic carboxylic acids is 1. The second kappa shape index (κ2) is 6.41. The zero-order chi connectivity index (χ0) is 15.5. The van der Waals surface area contributed by atoms with Crippen molar-refractivity contribution in [1.82, 2.24) is 0 Å². The number of hydrogen-bond acceptors (Lipinski definition) is 3. The van der Waals surface area contributed by atoms with Gasteiger partial charge in [-0.2, -0.15) is 0 Å². The number of carboxylic acids is 1. The van der Waals surface area contributed by atoms with Crippen LogP contribution in [0.15, 0.2) is 53.4 Å². The van der Waals surface area contributed by atoms with Gasteiger partial charge in [0.25, 0.3) is 0 Å². The quantitative estimate of drug-likeness (QED) is 0.794. The fraction of sp³-hybridized carbons (Fsp3) is 0.188. The summed E-state index contributed by atoms with van der Waals surface area (Å²) in [6.07, 6.45) is 0.411. The highest BCUT2D eigenvalue weighted by Gasteiger charge is 2.40. The molecule has 0 saturated carbocycles. The van der Waals surface area contributed by atoms with Crippen molar-refractivity contribution in [2.24, 2.45) is 0 Å². The molecule has 21 heavy (non-hydrogen) atoms. The minimum Gasteiger partial charge on any atom is -0.508 e. The maximum Gasteiger partial charge on any atom is 0.324 e. The van der Waals surface area contributed by atoms with Gasteiger partial charge in [0.1, 0.15) is 10.5 Å². The molecule has 0 aliphatic rings. The van der Waals surface area contributed by atoms with Crippen molar-refractivity contribution < 1.29 is 15.0 Å². The van der Waals surface area contributed by atoms with Gasteiger partial charge in [-0.15, -0.1) is 11.8 Å². The molecule has 5 heteroatoms. The van der Waals surface area contributed by atoms with Crippen molar-refractivity contribution in [3.8, 4) is 5.75 Å². The Morgan fingerprint density at radius 2 is 1.90 bits per heavy atom. The van der Waals surface area contributed by atoms with E-state index in [4.69, 9.17) is 11.6 Å². The van der Waals surface area contributed by atoms with E-state index >= 15 is 0 Å². The summed E-state index contributed by atoms with van der Waals surface area (Å²) < 4.78 is -1.11. The van der Waals surface area contributed by atoms with Gasteiger partial charge in [-0.05, 0) is 48.4 Å². The van der Waals surface area contributed by atoms with Gasteiger partial charge >= 0.3 is 5.97 Å². The van der Waals surface area contributed by atoms with Crippen LogP contribution >= 0.6 is 23.4 Å². The SMILES string of the molecule is CCC(Sc1ccc(O)cc1)(C(=O)O)c1cccc(Cl)c1. The van der Waals surface area contributed by atoms with E-state index in [9.17, 15) is 15.0 Å². The normalized spacial score (nSPS) is 13.6. The summed E-state index contributed by atoms with van der Waals surface area (Å²) in [5.74, 6) is -0.759. The highest BCUT2D eigenvalue weighted by atomic mass is 35.5. The third-order valence-corrected chi connectivity index (χ3v) is 5.05. The highest BCUT2D eigenvalue weighted by molar-refractivity contribution is 8.01. The molecule has 2 aromatic carbocycles. The Bertz CT molecular complexity index is 642. The van der Waals surface area contributed by atoms with Crippen LogP contribution in [-0.4, -0.2) is 16.2 Å². The molecule has 0 aliphatic heterocycles. The highest BCUT2D eigenvalue weighted by Crippen LogP contribution is 2.45. The molecule has 0 heterocycles. The van der Waals surface area contributed by atoms with Crippen LogP contribution in [0.2, 0.25) is 5.02 Å². The molecule has 3 nitrogen and oxygen atoms in total. The van der Waals surface area contributed by atoms with E-state index in [2.05, 4.69) is 0 Å². The summed E-state index contributed by atoms with van der Waals surface area (Å²) in [5, 5.41) is 19.6. The monoisotopic (exact) mass is 322 g/mol. The van der Waals surface area contributed by atoms with Crippen molar-refractivity contribution in [3.63, 3.8) is 0 Å². The number of carboxylic acid groups (broad SMARTS) is 1. The van der Waals surface area contributed by atoms with E-state index in [0.717, 1.165) is 4.90 Å². The van der Waals surface area contributed by atoms with Crippen LogP contribution in [0.4, 0.5) is 0 Å². The van der Waals surface area contributed by atoms with E-state index in [1.807, 2.05) is 6.92 Å². The average Bonchev–Trinajstić information content (AvgIpc) is 2.46. The van der Waals surface area contributed by atoms with Crippen molar-refractivity contribution in [1.29, 1.82) is 0 Å². The Kier molecular flexibility index (Phi) is 4.80. The lowest BCUT2D eigenvalue weighted by atomic mass is 9.95. The molecule has 0 aliphatic carbocycles. The predicted molar refractivity (Wildman–Crippen MR) is 85.0 cm³/mol. The molecular weight excluding hydrogens is 308 g/mol. The van der Waals surface area contributed by atoms with Gasteiger partial charge < -0.3 is 10.2 Å². The maximum atomic E-state index is 11.9. The van der Waals surface area contributed by atoms with Gasteiger partial charge in [-0.1, -0.05) is 30.7 Å². The van der Waals surface area contributed by atoms with Gasteiger partial charge in [0, 0.05) is 9.92 Å². The van der Waals surface area contributed by atoms with Gasteiger partial charge in [-0.25, -0.2) is 0 Å². The molecule has 0 spiro atoms. The molecule has 2 aromatic rings. The molecule has 1 atom stereocenters. The Morgan fingerprint density at radius 3 is 2.43 bits per heavy atom. The summed E-state index contributed by atoms with van der Waals surface area (Å²) in [4.78, 5) is 12.7. The van der Waals surface area contributed by atoms with Crippen LogP contribution in [0.5, 0.6) is 5.75 Å². The summed E-state index contributed by atoms with van der Waals surface area (Å²) in [6, 6.07) is 13.4. The molecule has 2 rings (SSSR count). The topological polar surface area (TPSA) is 57.5 Å². The molecule has 2 N–H and O–H groups in total. The lowest BCUT2D eigenvalue weighted by molar-refractivity contribution is -0.140. The molecule has 0 fully saturated rings. The van der Waals surface area contributed by atoms with Crippen LogP contribution in [0.3, 0.4) is 0 Å². The fourth-order valence-electron chi connectivity index (χ4n) is 2.11. The summed E-state index contributed by atoms with van der Waals surface area (Å²) in [6.45, 7) is 1.84. The zero-order valence-electron chi connectivity index (χ0n) is 11.4. The van der Waals surface area contributed by atoms with Crippen LogP contribution in [0.1, 0.15) is 18.9 Å². The average molecular weight is 323 g/mol. The number of thioether (sulfide) groups is 1. The van der Waals surface area contributed by atoms with Gasteiger partial charge in [0.2, 0.25) is 0 Å². The van der Waals surface area contributed by atoms with Crippen molar-refractivity contribution in [3.05, 3.63) is 59.1 Å². The Labute approximate surface area is 132 Å². The molecule has 1 unspecified atom stereocenters. The fourth-order valence-corrected chi connectivity index (χ4v) is 3.45. The molecule has 0 saturated heterocycles. The van der Waals surface area contributed by atoms with Crippen molar-refractivity contribution >= 4 is 29.3 Å². The van der Waals surface area contributed by atoms with E-state index in [1.165, 1.54) is 11.8 Å². The summed E-state index contributed by atoms with van der Waals surface area (Å²) >= 11 is 7.25. The van der Waals surface area contributed by atoms with E-state index < -0.39 is 10.7 Å². The third-order valence-electron chi connectivity index (χ3n) is 3.26. The first kappa shape index (κ1) is 15.7. The minimum absolute atomic E-state index is 0.152. The molecule has 0 aromatic heterocycles. The van der Waals surface area contributed by atoms with E-state index in [0.29, 0.717) is 17.0 Å². The minimum atomic E-state index is -1.11. The largest absolute Gasteiger partial charge is 0.508 e.